The smallest absolute Gasteiger partial charge is 0.0804 e. The summed E-state index contributed by atoms with van der Waals surface area (Å²) in [6.07, 6.45) is 2.58. The van der Waals surface area contributed by atoms with Gasteiger partial charge in [0.1, 0.15) is 0 Å². The lowest BCUT2D eigenvalue weighted by Crippen LogP contribution is -2.35. The Morgan fingerprint density at radius 1 is 1.26 bits per heavy atom. The highest BCUT2D eigenvalue weighted by Gasteiger charge is 2.19. The van der Waals surface area contributed by atoms with Crippen molar-refractivity contribution in [1.29, 1.82) is 0 Å². The first-order valence-electron chi connectivity index (χ1n) is 7.27. The quantitative estimate of drug-likeness (QED) is 0.855. The lowest BCUT2D eigenvalue weighted by Gasteiger charge is -2.31. The molecule has 1 fully saturated rings. The summed E-state index contributed by atoms with van der Waals surface area (Å²) in [6.45, 7) is 5.40. The van der Waals surface area contributed by atoms with Crippen molar-refractivity contribution in [1.82, 2.24) is 4.90 Å². The first kappa shape index (κ1) is 14.5. The number of aliphatic hydroxyl groups is 2. The average Bonchev–Trinajstić information content (AvgIpc) is 2.46. The van der Waals surface area contributed by atoms with Gasteiger partial charge in [0.25, 0.3) is 0 Å². The highest BCUT2D eigenvalue weighted by Crippen LogP contribution is 2.22. The van der Waals surface area contributed by atoms with E-state index in [0.29, 0.717) is 12.5 Å². The molecule has 3 nitrogen and oxygen atoms in total. The maximum atomic E-state index is 10.3. The molecule has 0 saturated carbocycles. The van der Waals surface area contributed by atoms with Gasteiger partial charge in [0, 0.05) is 13.2 Å². The molecule has 1 unspecified atom stereocenters. The van der Waals surface area contributed by atoms with Crippen molar-refractivity contribution >= 4 is 0 Å². The monoisotopic (exact) mass is 263 g/mol. The van der Waals surface area contributed by atoms with Gasteiger partial charge in [0.05, 0.1) is 6.10 Å². The van der Waals surface area contributed by atoms with Crippen LogP contribution in [0, 0.1) is 12.8 Å². The van der Waals surface area contributed by atoms with E-state index in [0.717, 1.165) is 50.0 Å². The van der Waals surface area contributed by atoms with Gasteiger partial charge in [-0.2, -0.15) is 0 Å². The largest absolute Gasteiger partial charge is 0.396 e. The zero-order valence-electron chi connectivity index (χ0n) is 11.8. The Morgan fingerprint density at radius 3 is 2.58 bits per heavy atom. The second-order valence-electron chi connectivity index (χ2n) is 5.63. The molecule has 3 heteroatoms. The van der Waals surface area contributed by atoms with Gasteiger partial charge in [-0.05, 0) is 56.3 Å². The van der Waals surface area contributed by atoms with Gasteiger partial charge >= 0.3 is 0 Å². The van der Waals surface area contributed by atoms with Gasteiger partial charge < -0.3 is 15.1 Å². The molecule has 1 heterocycles. The standard InChI is InChI=1S/C16H25NO2/c1-13-4-2-3-5-15(13)16(19)8-11-17-9-6-14(12-18)7-10-17/h2-5,14,16,18-19H,6-12H2,1H3. The minimum atomic E-state index is -0.364. The summed E-state index contributed by atoms with van der Waals surface area (Å²) >= 11 is 0. The molecular formula is C16H25NO2. The summed E-state index contributed by atoms with van der Waals surface area (Å²) in [5.41, 5.74) is 2.21. The van der Waals surface area contributed by atoms with Crippen LogP contribution in [0.3, 0.4) is 0 Å². The Hall–Kier alpha value is -0.900. The normalized spacial score (nSPS) is 19.5. The minimum Gasteiger partial charge on any atom is -0.396 e. The molecule has 106 valence electrons. The molecule has 1 aromatic rings. The van der Waals surface area contributed by atoms with Crippen molar-refractivity contribution in [3.05, 3.63) is 35.4 Å². The molecular weight excluding hydrogens is 238 g/mol. The minimum absolute atomic E-state index is 0.319. The fourth-order valence-corrected chi connectivity index (χ4v) is 2.81. The van der Waals surface area contributed by atoms with Gasteiger partial charge in [-0.15, -0.1) is 0 Å². The number of hydrogen-bond acceptors (Lipinski definition) is 3. The van der Waals surface area contributed by atoms with Crippen LogP contribution in [0.5, 0.6) is 0 Å². The van der Waals surface area contributed by atoms with Crippen LogP contribution in [0.2, 0.25) is 0 Å². The van der Waals surface area contributed by atoms with E-state index in [-0.39, 0.29) is 6.10 Å². The van der Waals surface area contributed by atoms with E-state index in [9.17, 15) is 5.11 Å². The predicted molar refractivity (Wildman–Crippen MR) is 77.0 cm³/mol. The van der Waals surface area contributed by atoms with E-state index in [4.69, 9.17) is 5.11 Å². The van der Waals surface area contributed by atoms with Crippen molar-refractivity contribution in [3.8, 4) is 0 Å². The van der Waals surface area contributed by atoms with Crippen molar-refractivity contribution in [2.24, 2.45) is 5.92 Å². The van der Waals surface area contributed by atoms with Crippen LogP contribution in [0.25, 0.3) is 0 Å². The van der Waals surface area contributed by atoms with Gasteiger partial charge in [-0.3, -0.25) is 0 Å². The number of rotatable bonds is 5. The molecule has 0 radical (unpaired) electrons. The second-order valence-corrected chi connectivity index (χ2v) is 5.63. The fraction of sp³-hybridized carbons (Fsp3) is 0.625. The third-order valence-electron chi connectivity index (χ3n) is 4.23. The molecule has 0 spiro atoms. The number of benzene rings is 1. The number of hydrogen-bond donors (Lipinski definition) is 2. The van der Waals surface area contributed by atoms with Gasteiger partial charge in [-0.25, -0.2) is 0 Å². The van der Waals surface area contributed by atoms with Crippen LogP contribution in [-0.2, 0) is 0 Å². The second kappa shape index (κ2) is 7.04. The highest BCUT2D eigenvalue weighted by molar-refractivity contribution is 5.27. The van der Waals surface area contributed by atoms with Gasteiger partial charge in [0.15, 0.2) is 0 Å². The first-order valence-corrected chi connectivity index (χ1v) is 7.27. The number of nitrogens with zero attached hydrogens (tertiary/aromatic N) is 1. The third-order valence-corrected chi connectivity index (χ3v) is 4.23. The molecule has 1 aromatic carbocycles. The Bertz CT molecular complexity index is 386. The van der Waals surface area contributed by atoms with Crippen molar-refractivity contribution in [2.75, 3.05) is 26.2 Å². The summed E-state index contributed by atoms with van der Waals surface area (Å²) in [4.78, 5) is 2.40. The zero-order chi connectivity index (χ0) is 13.7. The van der Waals surface area contributed by atoms with E-state index in [1.165, 1.54) is 0 Å². The zero-order valence-corrected chi connectivity index (χ0v) is 11.8. The number of piperidine rings is 1. The Balaban J connectivity index is 1.78. The maximum Gasteiger partial charge on any atom is 0.0804 e. The molecule has 0 bridgehead atoms. The predicted octanol–water partition coefficient (Wildman–Crippen LogP) is 2.12. The Morgan fingerprint density at radius 2 is 1.95 bits per heavy atom. The number of aliphatic hydroxyl groups excluding tert-OH is 2. The maximum absolute atomic E-state index is 10.3. The molecule has 1 aliphatic rings. The molecule has 0 aromatic heterocycles. The van der Waals surface area contributed by atoms with Crippen LogP contribution < -0.4 is 0 Å². The first-order chi connectivity index (χ1) is 9.20. The molecule has 19 heavy (non-hydrogen) atoms. The fourth-order valence-electron chi connectivity index (χ4n) is 2.81. The van der Waals surface area contributed by atoms with Crippen LogP contribution in [0.4, 0.5) is 0 Å². The highest BCUT2D eigenvalue weighted by atomic mass is 16.3. The van der Waals surface area contributed by atoms with Crippen LogP contribution >= 0.6 is 0 Å². The van der Waals surface area contributed by atoms with E-state index < -0.39 is 0 Å². The van der Waals surface area contributed by atoms with Crippen LogP contribution in [0.15, 0.2) is 24.3 Å². The SMILES string of the molecule is Cc1ccccc1C(O)CCN1CCC(CO)CC1. The van der Waals surface area contributed by atoms with Crippen molar-refractivity contribution < 1.29 is 10.2 Å². The average molecular weight is 263 g/mol. The molecule has 1 atom stereocenters. The summed E-state index contributed by atoms with van der Waals surface area (Å²) in [6, 6.07) is 8.05. The lowest BCUT2D eigenvalue weighted by molar-refractivity contribution is 0.105. The molecule has 1 aliphatic heterocycles. The van der Waals surface area contributed by atoms with E-state index in [2.05, 4.69) is 4.90 Å². The number of likely N-dealkylation sites (tertiary alicyclic amines) is 1. The molecule has 2 N–H and O–H groups in total. The summed E-state index contributed by atoms with van der Waals surface area (Å²) in [5.74, 6) is 0.484. The molecule has 0 amide bonds. The Kier molecular flexibility index (Phi) is 5.37. The van der Waals surface area contributed by atoms with Gasteiger partial charge in [0.2, 0.25) is 0 Å². The van der Waals surface area contributed by atoms with E-state index in [1.807, 2.05) is 31.2 Å². The van der Waals surface area contributed by atoms with Crippen molar-refractivity contribution in [3.63, 3.8) is 0 Å². The molecule has 1 saturated heterocycles. The lowest BCUT2D eigenvalue weighted by atomic mass is 9.97. The summed E-state index contributed by atoms with van der Waals surface area (Å²) in [7, 11) is 0. The van der Waals surface area contributed by atoms with E-state index in [1.54, 1.807) is 0 Å². The van der Waals surface area contributed by atoms with Crippen LogP contribution in [0.1, 0.15) is 36.5 Å². The van der Waals surface area contributed by atoms with E-state index >= 15 is 0 Å². The van der Waals surface area contributed by atoms with Crippen molar-refractivity contribution in [2.45, 2.75) is 32.3 Å². The van der Waals surface area contributed by atoms with Gasteiger partial charge in [-0.1, -0.05) is 24.3 Å². The number of aryl methyl sites for hydroxylation is 1. The third kappa shape index (κ3) is 4.03. The Labute approximate surface area is 115 Å². The molecule has 2 rings (SSSR count). The topological polar surface area (TPSA) is 43.7 Å². The summed E-state index contributed by atoms with van der Waals surface area (Å²) in [5, 5.41) is 19.4. The van der Waals surface area contributed by atoms with Crippen LogP contribution in [-0.4, -0.2) is 41.4 Å². The summed E-state index contributed by atoms with van der Waals surface area (Å²) < 4.78 is 0. The molecule has 0 aliphatic carbocycles.